The van der Waals surface area contributed by atoms with Crippen LogP contribution in [0, 0.1) is 0 Å². The molecule has 11 aromatic carbocycles. The summed E-state index contributed by atoms with van der Waals surface area (Å²) in [5.74, 6) is 0. The Labute approximate surface area is 352 Å². The van der Waals surface area contributed by atoms with Crippen LogP contribution in [-0.4, -0.2) is 0 Å². The van der Waals surface area contributed by atoms with E-state index in [0.717, 1.165) is 0 Å². The van der Waals surface area contributed by atoms with Crippen molar-refractivity contribution in [2.75, 3.05) is 0 Å². The summed E-state index contributed by atoms with van der Waals surface area (Å²) < 4.78 is 2.69. The van der Waals surface area contributed by atoms with E-state index in [1.54, 1.807) is 0 Å². The number of fused-ring (bicyclic) bond motifs is 12. The number of rotatable bonds is 3. The molecule has 1 heteroatoms. The molecule has 0 nitrogen and oxygen atoms in total. The van der Waals surface area contributed by atoms with Crippen LogP contribution in [-0.2, 0) is 5.41 Å². The van der Waals surface area contributed by atoms with Gasteiger partial charge in [-0.25, -0.2) is 0 Å². The van der Waals surface area contributed by atoms with E-state index in [2.05, 4.69) is 208 Å². The lowest BCUT2D eigenvalue weighted by Crippen LogP contribution is -2.15. The topological polar surface area (TPSA) is 0 Å². The van der Waals surface area contributed by atoms with E-state index in [1.807, 2.05) is 11.3 Å². The van der Waals surface area contributed by atoms with Crippen LogP contribution in [0.25, 0.3) is 119 Å². The van der Waals surface area contributed by atoms with Crippen LogP contribution < -0.4 is 0 Å². The average molecular weight is 779 g/mol. The minimum Gasteiger partial charge on any atom is -0.135 e. The molecule has 1 aromatic heterocycles. The third kappa shape index (κ3) is 4.61. The van der Waals surface area contributed by atoms with E-state index in [1.165, 1.54) is 130 Å². The number of hydrogen-bond donors (Lipinski definition) is 0. The van der Waals surface area contributed by atoms with E-state index < -0.39 is 0 Å². The molecular weight excluding hydrogens is 741 g/mol. The van der Waals surface area contributed by atoms with Gasteiger partial charge in [-0.15, -0.1) is 11.3 Å². The zero-order valence-corrected chi connectivity index (χ0v) is 34.2. The number of thiophene rings is 1. The Kier molecular flexibility index (Phi) is 7.04. The number of hydrogen-bond acceptors (Lipinski definition) is 1. The van der Waals surface area contributed by atoms with Gasteiger partial charge in [-0.2, -0.15) is 0 Å². The summed E-state index contributed by atoms with van der Waals surface area (Å²) >= 11 is 1.91. The van der Waals surface area contributed by atoms with Gasteiger partial charge in [0, 0.05) is 25.6 Å². The molecule has 0 bridgehead atoms. The smallest absolute Gasteiger partial charge is 0.0361 e. The summed E-state index contributed by atoms with van der Waals surface area (Å²) in [6, 6.07) is 73.1. The second-order valence-electron chi connectivity index (χ2n) is 17.1. The molecule has 0 amide bonds. The third-order valence-electron chi connectivity index (χ3n) is 13.6. The normalized spacial score (nSPS) is 13.3. The van der Waals surface area contributed by atoms with Crippen LogP contribution in [0.5, 0.6) is 0 Å². The Morgan fingerprint density at radius 1 is 0.300 bits per heavy atom. The van der Waals surface area contributed by atoms with Gasteiger partial charge < -0.3 is 0 Å². The van der Waals surface area contributed by atoms with Gasteiger partial charge in [-0.1, -0.05) is 184 Å². The Balaban J connectivity index is 1.12. The van der Waals surface area contributed by atoms with Crippen LogP contribution >= 0.6 is 11.3 Å². The standard InChI is InChI=1S/C59H38S/c1-59(2)53-28-13-11-21-40(53)51-33-48(49-32-50-41-22-12-14-29-54(41)60-55(50)34-52(49)58(51)59)39-30-31-47(38-20-6-5-19-37(38)39)57-45-25-9-7-23-43(45)56(44-24-8-10-26-46(44)57)42-27-15-17-35-16-3-4-18-36(35)42/h3-34H,1-2H3. The lowest BCUT2D eigenvalue weighted by Gasteiger charge is -2.24. The molecule has 1 aliphatic carbocycles. The fraction of sp³-hybridized carbons (Fsp3) is 0.0508. The first-order chi connectivity index (χ1) is 29.5. The monoisotopic (exact) mass is 778 g/mol. The second-order valence-corrected chi connectivity index (χ2v) is 18.2. The zero-order valence-electron chi connectivity index (χ0n) is 33.4. The molecule has 0 radical (unpaired) electrons. The van der Waals surface area contributed by atoms with Crippen LogP contribution in [0.3, 0.4) is 0 Å². The molecule has 0 saturated carbocycles. The van der Waals surface area contributed by atoms with Gasteiger partial charge in [0.1, 0.15) is 0 Å². The number of benzene rings is 11. The van der Waals surface area contributed by atoms with Crippen molar-refractivity contribution < 1.29 is 0 Å². The van der Waals surface area contributed by atoms with E-state index in [0.29, 0.717) is 0 Å². The van der Waals surface area contributed by atoms with Crippen molar-refractivity contribution in [1.29, 1.82) is 0 Å². The van der Waals surface area contributed by atoms with Crippen LogP contribution in [0.4, 0.5) is 0 Å². The van der Waals surface area contributed by atoms with Gasteiger partial charge in [-0.05, 0) is 134 Å². The molecule has 1 heterocycles. The van der Waals surface area contributed by atoms with E-state index in [4.69, 9.17) is 0 Å². The Hall–Kier alpha value is -7.06. The van der Waals surface area contributed by atoms with Gasteiger partial charge in [0.15, 0.2) is 0 Å². The second kappa shape index (κ2) is 12.5. The van der Waals surface area contributed by atoms with Gasteiger partial charge in [0.25, 0.3) is 0 Å². The molecule has 0 unspecified atom stereocenters. The molecule has 0 atom stereocenters. The predicted molar refractivity (Wildman–Crippen MR) is 261 cm³/mol. The fourth-order valence-electron chi connectivity index (χ4n) is 11.1. The molecule has 12 aromatic rings. The van der Waals surface area contributed by atoms with Crippen molar-refractivity contribution in [3.05, 3.63) is 205 Å². The minimum absolute atomic E-state index is 0.126. The quantitative estimate of drug-likeness (QED) is 0.157. The zero-order chi connectivity index (χ0) is 39.7. The largest absolute Gasteiger partial charge is 0.135 e. The van der Waals surface area contributed by atoms with Crippen molar-refractivity contribution in [1.82, 2.24) is 0 Å². The molecule has 60 heavy (non-hydrogen) atoms. The molecular formula is C59H38S. The highest BCUT2D eigenvalue weighted by Gasteiger charge is 2.38. The maximum absolute atomic E-state index is 2.52. The Morgan fingerprint density at radius 2 is 0.817 bits per heavy atom. The fourth-order valence-corrected chi connectivity index (χ4v) is 12.2. The first-order valence-corrected chi connectivity index (χ1v) is 21.8. The molecule has 0 aliphatic heterocycles. The minimum atomic E-state index is -0.126. The van der Waals surface area contributed by atoms with Crippen LogP contribution in [0.1, 0.15) is 25.0 Å². The van der Waals surface area contributed by atoms with Crippen molar-refractivity contribution in [2.45, 2.75) is 19.3 Å². The highest BCUT2D eigenvalue weighted by Crippen LogP contribution is 2.55. The van der Waals surface area contributed by atoms with Crippen LogP contribution in [0.2, 0.25) is 0 Å². The lowest BCUT2D eigenvalue weighted by molar-refractivity contribution is 0.666. The third-order valence-corrected chi connectivity index (χ3v) is 14.8. The maximum Gasteiger partial charge on any atom is 0.0361 e. The highest BCUT2D eigenvalue weighted by molar-refractivity contribution is 7.25. The summed E-state index contributed by atoms with van der Waals surface area (Å²) in [5.41, 5.74) is 13.1. The molecule has 0 fully saturated rings. The van der Waals surface area contributed by atoms with Crippen molar-refractivity contribution >= 4 is 85.4 Å². The van der Waals surface area contributed by atoms with Gasteiger partial charge in [0.2, 0.25) is 0 Å². The van der Waals surface area contributed by atoms with Gasteiger partial charge in [0.05, 0.1) is 0 Å². The summed E-state index contributed by atoms with van der Waals surface area (Å²) in [4.78, 5) is 0. The first kappa shape index (κ1) is 33.9. The highest BCUT2D eigenvalue weighted by atomic mass is 32.1. The first-order valence-electron chi connectivity index (χ1n) is 21.0. The average Bonchev–Trinajstić information content (AvgIpc) is 3.77. The molecule has 1 aliphatic rings. The van der Waals surface area contributed by atoms with Gasteiger partial charge >= 0.3 is 0 Å². The lowest BCUT2D eigenvalue weighted by atomic mass is 9.78. The Bertz CT molecular complexity index is 3740. The van der Waals surface area contributed by atoms with E-state index in [9.17, 15) is 0 Å². The maximum atomic E-state index is 2.52. The summed E-state index contributed by atoms with van der Waals surface area (Å²) in [6.07, 6.45) is 0. The van der Waals surface area contributed by atoms with E-state index in [-0.39, 0.29) is 5.41 Å². The molecule has 0 spiro atoms. The van der Waals surface area contributed by atoms with Gasteiger partial charge in [-0.3, -0.25) is 0 Å². The van der Waals surface area contributed by atoms with Crippen molar-refractivity contribution in [2.24, 2.45) is 0 Å². The summed E-state index contributed by atoms with van der Waals surface area (Å²) in [7, 11) is 0. The van der Waals surface area contributed by atoms with Crippen molar-refractivity contribution in [3.8, 4) is 44.5 Å². The molecule has 280 valence electrons. The molecule has 0 saturated heterocycles. The van der Waals surface area contributed by atoms with Crippen molar-refractivity contribution in [3.63, 3.8) is 0 Å². The predicted octanol–water partition coefficient (Wildman–Crippen LogP) is 17.1. The van der Waals surface area contributed by atoms with E-state index >= 15 is 0 Å². The van der Waals surface area contributed by atoms with Crippen LogP contribution in [0.15, 0.2) is 194 Å². The summed E-state index contributed by atoms with van der Waals surface area (Å²) in [5, 5.41) is 15.5. The molecule has 0 N–H and O–H groups in total. The SMILES string of the molecule is CC1(C)c2ccccc2-c2cc(-c3ccc(-c4c5ccccc5c(-c5cccc6ccccc56)c5ccccc45)c4ccccc34)c3cc4c(cc3c21)sc1ccccc14. The Morgan fingerprint density at radius 3 is 1.53 bits per heavy atom. The molecule has 13 rings (SSSR count). The summed E-state index contributed by atoms with van der Waals surface area (Å²) in [6.45, 7) is 4.83.